The predicted molar refractivity (Wildman–Crippen MR) is 73.1 cm³/mol. The van der Waals surface area contributed by atoms with Gasteiger partial charge in [-0.2, -0.15) is 0 Å². The quantitative estimate of drug-likeness (QED) is 0.673. The summed E-state index contributed by atoms with van der Waals surface area (Å²) in [7, 11) is 0. The van der Waals surface area contributed by atoms with Crippen LogP contribution in [-0.4, -0.2) is 44.9 Å². The Labute approximate surface area is 119 Å². The van der Waals surface area contributed by atoms with Gasteiger partial charge in [-0.05, 0) is 19.8 Å². The molecule has 0 saturated carbocycles. The highest BCUT2D eigenvalue weighted by molar-refractivity contribution is 5.78. The van der Waals surface area contributed by atoms with Crippen molar-refractivity contribution < 1.29 is 14.7 Å². The van der Waals surface area contributed by atoms with Gasteiger partial charge in [0.05, 0.1) is 5.92 Å². The van der Waals surface area contributed by atoms with Crippen LogP contribution in [0.4, 0.5) is 0 Å². The molecule has 8 heteroatoms. The van der Waals surface area contributed by atoms with Crippen LogP contribution < -0.4 is 11.2 Å². The molecule has 114 valence electrons. The van der Waals surface area contributed by atoms with Crippen LogP contribution >= 0.6 is 0 Å². The zero-order chi connectivity index (χ0) is 15.6. The van der Waals surface area contributed by atoms with Gasteiger partial charge >= 0.3 is 11.7 Å². The average molecular weight is 295 g/mol. The molecule has 0 spiro atoms. The summed E-state index contributed by atoms with van der Waals surface area (Å²) in [5, 5.41) is 8.90. The maximum atomic E-state index is 12.0. The third-order valence-electron chi connectivity index (χ3n) is 3.73. The van der Waals surface area contributed by atoms with E-state index in [-0.39, 0.29) is 25.3 Å². The number of rotatable bonds is 4. The number of hydrogen-bond donors (Lipinski definition) is 3. The molecule has 3 N–H and O–H groups in total. The number of nitrogens with zero attached hydrogens (tertiary/aromatic N) is 1. The van der Waals surface area contributed by atoms with Crippen molar-refractivity contribution in [3.63, 3.8) is 0 Å². The zero-order valence-corrected chi connectivity index (χ0v) is 11.6. The Kier molecular flexibility index (Phi) is 4.25. The maximum Gasteiger partial charge on any atom is 0.325 e. The molecule has 0 aromatic carbocycles. The number of nitrogens with one attached hydrogen (secondary N) is 2. The van der Waals surface area contributed by atoms with Crippen LogP contribution in [0.2, 0.25) is 0 Å². The number of carbonyl (C=O) groups excluding carboxylic acids is 1. The lowest BCUT2D eigenvalue weighted by Gasteiger charge is -2.15. The van der Waals surface area contributed by atoms with Crippen LogP contribution in [0.5, 0.6) is 0 Å². The van der Waals surface area contributed by atoms with Gasteiger partial charge in [0.2, 0.25) is 5.91 Å². The number of carboxylic acids is 1. The van der Waals surface area contributed by atoms with E-state index < -0.39 is 23.1 Å². The summed E-state index contributed by atoms with van der Waals surface area (Å²) in [6.45, 7) is 2.25. The molecule has 1 aromatic rings. The lowest BCUT2D eigenvalue weighted by atomic mass is 10.1. The Hall–Kier alpha value is -2.38. The van der Waals surface area contributed by atoms with E-state index in [9.17, 15) is 19.2 Å². The number of aromatic nitrogens is 2. The number of H-pyrrole nitrogens is 2. The fraction of sp³-hybridized carbons (Fsp3) is 0.538. The van der Waals surface area contributed by atoms with Crippen molar-refractivity contribution in [3.8, 4) is 0 Å². The summed E-state index contributed by atoms with van der Waals surface area (Å²) < 4.78 is 0. The van der Waals surface area contributed by atoms with E-state index >= 15 is 0 Å². The molecule has 0 aliphatic carbocycles. The molecule has 0 radical (unpaired) electrons. The van der Waals surface area contributed by atoms with Crippen molar-refractivity contribution in [2.75, 3.05) is 13.1 Å². The number of aromatic amines is 2. The van der Waals surface area contributed by atoms with Crippen LogP contribution in [0.15, 0.2) is 9.59 Å². The fourth-order valence-electron chi connectivity index (χ4n) is 2.51. The Morgan fingerprint density at radius 3 is 2.62 bits per heavy atom. The highest BCUT2D eigenvalue weighted by Crippen LogP contribution is 2.17. The van der Waals surface area contributed by atoms with Crippen LogP contribution in [0.25, 0.3) is 0 Å². The molecule has 2 heterocycles. The van der Waals surface area contributed by atoms with E-state index in [0.717, 1.165) is 0 Å². The summed E-state index contributed by atoms with van der Waals surface area (Å²) in [5.41, 5.74) is -0.247. The molecule has 1 saturated heterocycles. The number of likely N-dealkylation sites (tertiary alicyclic amines) is 1. The standard InChI is InChI=1S/C13H17N3O5/c1-7-9(11(18)15-13(21)14-7)2-3-10(17)16-5-4-8(6-16)12(19)20/h8H,2-6H2,1H3,(H,19,20)(H2,14,15,18,21). The molecule has 1 unspecified atom stereocenters. The third-order valence-corrected chi connectivity index (χ3v) is 3.73. The monoisotopic (exact) mass is 295 g/mol. The second kappa shape index (κ2) is 5.94. The smallest absolute Gasteiger partial charge is 0.325 e. The maximum absolute atomic E-state index is 12.0. The topological polar surface area (TPSA) is 123 Å². The molecule has 1 amide bonds. The lowest BCUT2D eigenvalue weighted by Crippen LogP contribution is -2.31. The molecule has 0 bridgehead atoms. The van der Waals surface area contributed by atoms with Gasteiger partial charge < -0.3 is 15.0 Å². The number of carboxylic acid groups (broad SMARTS) is 1. The Morgan fingerprint density at radius 1 is 1.33 bits per heavy atom. The molecule has 1 aliphatic rings. The number of aryl methyl sites for hydroxylation is 1. The van der Waals surface area contributed by atoms with Gasteiger partial charge in [-0.1, -0.05) is 0 Å². The van der Waals surface area contributed by atoms with Crippen molar-refractivity contribution >= 4 is 11.9 Å². The van der Waals surface area contributed by atoms with Gasteiger partial charge in [0.25, 0.3) is 5.56 Å². The van der Waals surface area contributed by atoms with E-state index in [1.54, 1.807) is 6.92 Å². The molecule has 1 atom stereocenters. The van der Waals surface area contributed by atoms with Gasteiger partial charge in [0, 0.05) is 30.8 Å². The molecular formula is C13H17N3O5. The predicted octanol–water partition coefficient (Wildman–Crippen LogP) is -0.763. The first-order valence-corrected chi connectivity index (χ1v) is 6.71. The largest absolute Gasteiger partial charge is 0.481 e. The minimum absolute atomic E-state index is 0.113. The Bertz CT molecular complexity index is 675. The Balaban J connectivity index is 1.98. The van der Waals surface area contributed by atoms with Crippen molar-refractivity contribution in [2.24, 2.45) is 5.92 Å². The highest BCUT2D eigenvalue weighted by atomic mass is 16.4. The first kappa shape index (κ1) is 15.0. The summed E-state index contributed by atoms with van der Waals surface area (Å²) >= 11 is 0. The van der Waals surface area contributed by atoms with E-state index in [4.69, 9.17) is 5.11 Å². The van der Waals surface area contributed by atoms with Crippen LogP contribution in [0, 0.1) is 12.8 Å². The summed E-state index contributed by atoms with van der Waals surface area (Å²) in [6, 6.07) is 0. The van der Waals surface area contributed by atoms with Crippen LogP contribution in [0.1, 0.15) is 24.1 Å². The zero-order valence-electron chi connectivity index (χ0n) is 11.6. The molecule has 2 rings (SSSR count). The van der Waals surface area contributed by atoms with E-state index in [0.29, 0.717) is 24.2 Å². The van der Waals surface area contributed by atoms with Crippen molar-refractivity contribution in [1.82, 2.24) is 14.9 Å². The minimum Gasteiger partial charge on any atom is -0.481 e. The van der Waals surface area contributed by atoms with Crippen molar-refractivity contribution in [2.45, 2.75) is 26.2 Å². The average Bonchev–Trinajstić information content (AvgIpc) is 2.86. The lowest BCUT2D eigenvalue weighted by molar-refractivity contribution is -0.141. The molecule has 1 aromatic heterocycles. The first-order chi connectivity index (χ1) is 9.88. The van der Waals surface area contributed by atoms with Crippen LogP contribution in [-0.2, 0) is 16.0 Å². The molecular weight excluding hydrogens is 278 g/mol. The molecule has 1 aliphatic heterocycles. The summed E-state index contributed by atoms with van der Waals surface area (Å²) in [6.07, 6.45) is 0.784. The van der Waals surface area contributed by atoms with Crippen molar-refractivity contribution in [3.05, 3.63) is 32.1 Å². The number of aliphatic carboxylic acids is 1. The number of amides is 1. The second-order valence-corrected chi connectivity index (χ2v) is 5.18. The minimum atomic E-state index is -0.891. The van der Waals surface area contributed by atoms with Gasteiger partial charge in [-0.3, -0.25) is 19.4 Å². The van der Waals surface area contributed by atoms with Crippen molar-refractivity contribution in [1.29, 1.82) is 0 Å². The fourth-order valence-corrected chi connectivity index (χ4v) is 2.51. The third kappa shape index (κ3) is 3.39. The van der Waals surface area contributed by atoms with Gasteiger partial charge in [0.1, 0.15) is 0 Å². The molecule has 21 heavy (non-hydrogen) atoms. The van der Waals surface area contributed by atoms with Crippen LogP contribution in [0.3, 0.4) is 0 Å². The van der Waals surface area contributed by atoms with E-state index in [2.05, 4.69) is 9.97 Å². The van der Waals surface area contributed by atoms with Gasteiger partial charge in [-0.15, -0.1) is 0 Å². The van der Waals surface area contributed by atoms with E-state index in [1.165, 1.54) is 4.90 Å². The first-order valence-electron chi connectivity index (χ1n) is 6.71. The van der Waals surface area contributed by atoms with Gasteiger partial charge in [-0.25, -0.2) is 4.79 Å². The number of carbonyl (C=O) groups is 2. The number of hydrogen-bond acceptors (Lipinski definition) is 4. The normalized spacial score (nSPS) is 18.0. The SMILES string of the molecule is Cc1[nH]c(=O)[nH]c(=O)c1CCC(=O)N1CCC(C(=O)O)C1. The summed E-state index contributed by atoms with van der Waals surface area (Å²) in [5.74, 6) is -1.57. The van der Waals surface area contributed by atoms with E-state index in [1.807, 2.05) is 0 Å². The second-order valence-electron chi connectivity index (χ2n) is 5.18. The Morgan fingerprint density at radius 2 is 2.05 bits per heavy atom. The highest BCUT2D eigenvalue weighted by Gasteiger charge is 2.30. The summed E-state index contributed by atoms with van der Waals surface area (Å²) in [4.78, 5) is 51.7. The molecule has 1 fully saturated rings. The van der Waals surface area contributed by atoms with Gasteiger partial charge in [0.15, 0.2) is 0 Å². The molecule has 8 nitrogen and oxygen atoms in total.